The van der Waals surface area contributed by atoms with Gasteiger partial charge in [-0.15, -0.1) is 0 Å². The molecule has 0 amide bonds. The predicted octanol–water partition coefficient (Wildman–Crippen LogP) is 4.43. The fourth-order valence-corrected chi connectivity index (χ4v) is 4.03. The molecular weight excluding hydrogens is 399 g/mol. The molecule has 5 nitrogen and oxygen atoms in total. The van der Waals surface area contributed by atoms with Crippen LogP contribution in [0.1, 0.15) is 58.0 Å². The number of carbonyl (C=O) groups excluding carboxylic acids is 1. The fraction of sp³-hybridized carbons (Fsp3) is 0.364. The van der Waals surface area contributed by atoms with E-state index in [0.29, 0.717) is 31.1 Å². The number of ketones is 1. The van der Waals surface area contributed by atoms with E-state index in [1.807, 2.05) is 0 Å². The maximum absolute atomic E-state index is 15.1. The third kappa shape index (κ3) is 4.20. The summed E-state index contributed by atoms with van der Waals surface area (Å²) in [6.07, 6.45) is 1.44. The summed E-state index contributed by atoms with van der Waals surface area (Å²) in [6, 6.07) is 8.06. The van der Waals surface area contributed by atoms with Crippen LogP contribution < -0.4 is 0 Å². The van der Waals surface area contributed by atoms with Crippen molar-refractivity contribution in [2.24, 2.45) is 5.92 Å². The van der Waals surface area contributed by atoms with Gasteiger partial charge in [0.1, 0.15) is 5.82 Å². The Kier molecular flexibility index (Phi) is 6.36. The molecule has 2 N–H and O–H groups in total. The van der Waals surface area contributed by atoms with Gasteiger partial charge in [0.25, 0.3) is 0 Å². The summed E-state index contributed by atoms with van der Waals surface area (Å²) >= 11 is 5.82. The van der Waals surface area contributed by atoms with E-state index in [-0.39, 0.29) is 23.5 Å². The van der Waals surface area contributed by atoms with Gasteiger partial charge in [-0.3, -0.25) is 4.79 Å². The lowest BCUT2D eigenvalue weighted by molar-refractivity contribution is -0.0732. The number of aromatic carboxylic acids is 1. The number of carboxylic acid groups (broad SMARTS) is 1. The second kappa shape index (κ2) is 8.61. The van der Waals surface area contributed by atoms with E-state index in [9.17, 15) is 19.8 Å². The number of carbonyl (C=O) groups is 2. The lowest BCUT2D eigenvalue weighted by Gasteiger charge is -2.38. The summed E-state index contributed by atoms with van der Waals surface area (Å²) < 4.78 is 20.4. The molecule has 1 atom stereocenters. The average Bonchev–Trinajstić information content (AvgIpc) is 2.73. The summed E-state index contributed by atoms with van der Waals surface area (Å²) in [5.41, 5.74) is -2.13. The Labute approximate surface area is 173 Å². The molecule has 2 aromatic carbocycles. The number of benzene rings is 2. The number of hydrogen-bond donors (Lipinski definition) is 2. The molecular formula is C22H22ClFO5. The van der Waals surface area contributed by atoms with E-state index >= 15 is 4.39 Å². The highest BCUT2D eigenvalue weighted by molar-refractivity contribution is 6.30. The first-order valence-corrected chi connectivity index (χ1v) is 9.83. The van der Waals surface area contributed by atoms with Gasteiger partial charge in [0.15, 0.2) is 5.78 Å². The highest BCUT2D eigenvalue weighted by Gasteiger charge is 2.39. The second-order valence-corrected chi connectivity index (χ2v) is 7.62. The van der Waals surface area contributed by atoms with Crippen LogP contribution in [0.25, 0.3) is 0 Å². The predicted molar refractivity (Wildman–Crippen MR) is 106 cm³/mol. The second-order valence-electron chi connectivity index (χ2n) is 7.19. The Morgan fingerprint density at radius 3 is 2.38 bits per heavy atom. The molecule has 1 aliphatic rings. The Hall–Kier alpha value is -2.28. The van der Waals surface area contributed by atoms with Gasteiger partial charge in [0.2, 0.25) is 0 Å². The summed E-state index contributed by atoms with van der Waals surface area (Å²) in [4.78, 5) is 24.7. The van der Waals surface area contributed by atoms with Crippen LogP contribution in [-0.2, 0) is 10.3 Å². The number of carboxylic acids is 1. The Bertz CT molecular complexity index is 922. The Morgan fingerprint density at radius 1 is 1.21 bits per heavy atom. The van der Waals surface area contributed by atoms with Crippen LogP contribution in [0.5, 0.6) is 0 Å². The molecule has 0 unspecified atom stereocenters. The summed E-state index contributed by atoms with van der Waals surface area (Å²) in [7, 11) is 0. The van der Waals surface area contributed by atoms with E-state index in [1.54, 1.807) is 6.92 Å². The van der Waals surface area contributed by atoms with Crippen molar-refractivity contribution in [3.8, 4) is 0 Å². The molecule has 1 fully saturated rings. The van der Waals surface area contributed by atoms with Gasteiger partial charge in [0.05, 0.1) is 16.7 Å². The van der Waals surface area contributed by atoms with E-state index in [4.69, 9.17) is 16.3 Å². The van der Waals surface area contributed by atoms with Crippen LogP contribution in [0.4, 0.5) is 4.39 Å². The molecule has 0 bridgehead atoms. The quantitative estimate of drug-likeness (QED) is 0.675. The van der Waals surface area contributed by atoms with Crippen molar-refractivity contribution in [3.05, 3.63) is 69.5 Å². The molecule has 0 aliphatic carbocycles. The Morgan fingerprint density at radius 2 is 1.83 bits per heavy atom. The highest BCUT2D eigenvalue weighted by Crippen LogP contribution is 2.40. The highest BCUT2D eigenvalue weighted by atomic mass is 35.5. The molecule has 0 aromatic heterocycles. The first-order chi connectivity index (χ1) is 13.8. The van der Waals surface area contributed by atoms with Crippen LogP contribution in [-0.4, -0.2) is 35.2 Å². The minimum Gasteiger partial charge on any atom is -0.478 e. The number of hydrogen-bond acceptors (Lipinski definition) is 4. The van der Waals surface area contributed by atoms with E-state index < -0.39 is 34.3 Å². The Balaban J connectivity index is 2.10. The van der Waals surface area contributed by atoms with Crippen molar-refractivity contribution < 1.29 is 28.9 Å². The number of ether oxygens (including phenoxy) is 1. The minimum absolute atomic E-state index is 0.124. The summed E-state index contributed by atoms with van der Waals surface area (Å²) in [5.74, 6) is -3.36. The number of aliphatic hydroxyl groups is 1. The van der Waals surface area contributed by atoms with Crippen LogP contribution in [0, 0.1) is 11.7 Å². The van der Waals surface area contributed by atoms with E-state index in [0.717, 1.165) is 6.07 Å². The minimum atomic E-state index is -1.44. The van der Waals surface area contributed by atoms with Crippen molar-refractivity contribution in [2.45, 2.75) is 31.8 Å². The fourth-order valence-electron chi connectivity index (χ4n) is 3.91. The van der Waals surface area contributed by atoms with Crippen LogP contribution >= 0.6 is 11.6 Å². The summed E-state index contributed by atoms with van der Waals surface area (Å²) in [5, 5.41) is 21.4. The smallest absolute Gasteiger partial charge is 0.336 e. The maximum atomic E-state index is 15.1. The molecule has 154 valence electrons. The first-order valence-electron chi connectivity index (χ1n) is 9.45. The molecule has 7 heteroatoms. The molecule has 1 aliphatic heterocycles. The van der Waals surface area contributed by atoms with Crippen LogP contribution in [0.3, 0.4) is 0 Å². The van der Waals surface area contributed by atoms with Gasteiger partial charge >= 0.3 is 5.97 Å². The molecule has 3 rings (SSSR count). The van der Waals surface area contributed by atoms with E-state index in [1.165, 1.54) is 30.3 Å². The average molecular weight is 421 g/mol. The molecule has 29 heavy (non-hydrogen) atoms. The zero-order valence-corrected chi connectivity index (χ0v) is 16.7. The first kappa shape index (κ1) is 21.4. The maximum Gasteiger partial charge on any atom is 0.336 e. The number of halogens is 2. The van der Waals surface area contributed by atoms with E-state index in [2.05, 4.69) is 0 Å². The lowest BCUT2D eigenvalue weighted by atomic mass is 9.74. The topological polar surface area (TPSA) is 83.8 Å². The van der Waals surface area contributed by atoms with Crippen molar-refractivity contribution >= 4 is 23.4 Å². The lowest BCUT2D eigenvalue weighted by Crippen LogP contribution is -2.38. The van der Waals surface area contributed by atoms with Gasteiger partial charge in [-0.2, -0.15) is 0 Å². The van der Waals surface area contributed by atoms with Crippen molar-refractivity contribution in [1.82, 2.24) is 0 Å². The van der Waals surface area contributed by atoms with Gasteiger partial charge in [-0.25, -0.2) is 9.18 Å². The summed E-state index contributed by atoms with van der Waals surface area (Å²) in [6.45, 7) is 2.73. The van der Waals surface area contributed by atoms with Crippen molar-refractivity contribution in [2.75, 3.05) is 13.2 Å². The van der Waals surface area contributed by atoms with Gasteiger partial charge in [-0.05, 0) is 67.1 Å². The van der Waals surface area contributed by atoms with Crippen molar-refractivity contribution in [1.29, 1.82) is 0 Å². The molecule has 0 spiro atoms. The molecule has 0 saturated carbocycles. The third-order valence-electron chi connectivity index (χ3n) is 5.59. The van der Waals surface area contributed by atoms with Gasteiger partial charge in [-0.1, -0.05) is 18.5 Å². The van der Waals surface area contributed by atoms with Gasteiger partial charge < -0.3 is 14.9 Å². The monoisotopic (exact) mass is 420 g/mol. The zero-order chi connectivity index (χ0) is 21.2. The molecule has 1 saturated heterocycles. The van der Waals surface area contributed by atoms with Crippen LogP contribution in [0.2, 0.25) is 5.02 Å². The SMILES string of the molecule is CC[C@@](O)(c1cc(F)c(C(=O)c2ccc(Cl)cc2)c(C(=O)O)c1)C1CCOCC1. The normalized spacial score (nSPS) is 17.0. The molecule has 2 aromatic rings. The molecule has 0 radical (unpaired) electrons. The largest absolute Gasteiger partial charge is 0.478 e. The molecule has 1 heterocycles. The third-order valence-corrected chi connectivity index (χ3v) is 5.84. The van der Waals surface area contributed by atoms with Gasteiger partial charge in [0, 0.05) is 23.8 Å². The standard InChI is InChI=1S/C22H22ClFO5/c1-2-22(28,14-7-9-29-10-8-14)15-11-17(21(26)27)19(18(24)12-15)20(25)13-3-5-16(23)6-4-13/h3-6,11-12,14,28H,2,7-10H2,1H3,(H,26,27)/t22-/m0/s1. The van der Waals surface area contributed by atoms with Crippen LogP contribution in [0.15, 0.2) is 36.4 Å². The number of rotatable bonds is 6. The zero-order valence-electron chi connectivity index (χ0n) is 16.0. The van der Waals surface area contributed by atoms with Crippen molar-refractivity contribution in [3.63, 3.8) is 0 Å².